The van der Waals surface area contributed by atoms with Gasteiger partial charge in [-0.25, -0.2) is 4.98 Å². The van der Waals surface area contributed by atoms with E-state index in [0.29, 0.717) is 0 Å². The number of nitrogens with zero attached hydrogens (tertiary/aromatic N) is 3. The number of ether oxygens (including phenoxy) is 1. The molecule has 2 N–H and O–H groups in total. The first kappa shape index (κ1) is 14.1. The minimum atomic E-state index is 0.797. The highest BCUT2D eigenvalue weighted by Gasteiger charge is 2.19. The monoisotopic (exact) mass is 264 g/mol. The number of methoxy groups -OCH3 is 1. The van der Waals surface area contributed by atoms with Crippen molar-refractivity contribution < 1.29 is 4.74 Å². The third-order valence-electron chi connectivity index (χ3n) is 3.57. The number of hydrogen-bond donors (Lipinski definition) is 1. The molecular weight excluding hydrogens is 240 g/mol. The van der Waals surface area contributed by atoms with Crippen LogP contribution in [0.25, 0.3) is 0 Å². The Morgan fingerprint density at radius 3 is 2.74 bits per heavy atom. The third kappa shape index (κ3) is 3.81. The van der Waals surface area contributed by atoms with Crippen molar-refractivity contribution in [3.05, 3.63) is 18.3 Å². The van der Waals surface area contributed by atoms with Crippen LogP contribution in [0.1, 0.15) is 12.8 Å². The summed E-state index contributed by atoms with van der Waals surface area (Å²) in [5.41, 5.74) is 5.53. The maximum Gasteiger partial charge on any atom is 0.171 e. The molecule has 1 fully saturated rings. The van der Waals surface area contributed by atoms with Gasteiger partial charge < -0.3 is 15.4 Å². The Hall–Kier alpha value is -1.33. The molecule has 0 atom stereocenters. The Labute approximate surface area is 115 Å². The first-order chi connectivity index (χ1) is 9.35. The second kappa shape index (κ2) is 7.31. The molecule has 19 heavy (non-hydrogen) atoms. The van der Waals surface area contributed by atoms with Gasteiger partial charge in [0, 0.05) is 32.4 Å². The van der Waals surface area contributed by atoms with Crippen molar-refractivity contribution in [1.29, 1.82) is 0 Å². The maximum atomic E-state index is 5.53. The van der Waals surface area contributed by atoms with E-state index in [0.717, 1.165) is 57.3 Å². The van der Waals surface area contributed by atoms with Crippen molar-refractivity contribution in [1.82, 2.24) is 9.88 Å². The van der Waals surface area contributed by atoms with Crippen molar-refractivity contribution in [3.63, 3.8) is 0 Å². The van der Waals surface area contributed by atoms with E-state index in [9.17, 15) is 0 Å². The Morgan fingerprint density at radius 1 is 1.26 bits per heavy atom. The summed E-state index contributed by atoms with van der Waals surface area (Å²) < 4.78 is 5.37. The number of pyridine rings is 1. The highest BCUT2D eigenvalue weighted by atomic mass is 16.5. The number of rotatable bonds is 6. The van der Waals surface area contributed by atoms with Gasteiger partial charge in [0.15, 0.2) is 11.6 Å². The van der Waals surface area contributed by atoms with Crippen molar-refractivity contribution in [2.24, 2.45) is 5.73 Å². The van der Waals surface area contributed by atoms with Gasteiger partial charge in [-0.05, 0) is 38.1 Å². The molecular formula is C14H24N4O. The quantitative estimate of drug-likeness (QED) is 0.775. The van der Waals surface area contributed by atoms with Gasteiger partial charge in [-0.1, -0.05) is 0 Å². The molecule has 5 heteroatoms. The molecule has 1 aliphatic rings. The number of piperazine rings is 1. The van der Waals surface area contributed by atoms with E-state index in [1.165, 1.54) is 6.42 Å². The van der Waals surface area contributed by atoms with E-state index >= 15 is 0 Å². The number of unbranched alkanes of at least 4 members (excludes halogenated alkanes) is 1. The lowest BCUT2D eigenvalue weighted by Crippen LogP contribution is -2.47. The van der Waals surface area contributed by atoms with E-state index in [1.54, 1.807) is 7.11 Å². The summed E-state index contributed by atoms with van der Waals surface area (Å²) >= 11 is 0. The molecule has 0 unspecified atom stereocenters. The average Bonchev–Trinajstić information content (AvgIpc) is 2.48. The summed E-state index contributed by atoms with van der Waals surface area (Å²) in [6, 6.07) is 3.88. The molecule has 2 heterocycles. The van der Waals surface area contributed by atoms with Gasteiger partial charge in [0.05, 0.1) is 7.11 Å². The minimum Gasteiger partial charge on any atom is -0.493 e. The molecule has 2 rings (SSSR count). The van der Waals surface area contributed by atoms with Crippen LogP contribution in [0.2, 0.25) is 0 Å². The van der Waals surface area contributed by atoms with Crippen LogP contribution in [0.4, 0.5) is 5.82 Å². The fraction of sp³-hybridized carbons (Fsp3) is 0.643. The second-order valence-electron chi connectivity index (χ2n) is 4.85. The van der Waals surface area contributed by atoms with Crippen LogP contribution in [0.5, 0.6) is 5.75 Å². The summed E-state index contributed by atoms with van der Waals surface area (Å²) in [6.07, 6.45) is 4.14. The normalized spacial score (nSPS) is 16.6. The number of aromatic nitrogens is 1. The largest absolute Gasteiger partial charge is 0.493 e. The van der Waals surface area contributed by atoms with Crippen LogP contribution < -0.4 is 15.4 Å². The zero-order valence-corrected chi connectivity index (χ0v) is 11.7. The number of anilines is 1. The molecule has 0 bridgehead atoms. The lowest BCUT2D eigenvalue weighted by atomic mass is 10.2. The van der Waals surface area contributed by atoms with Gasteiger partial charge >= 0.3 is 0 Å². The number of hydrogen-bond acceptors (Lipinski definition) is 5. The minimum absolute atomic E-state index is 0.797. The zero-order chi connectivity index (χ0) is 13.5. The van der Waals surface area contributed by atoms with Gasteiger partial charge in [0.25, 0.3) is 0 Å². The molecule has 0 amide bonds. The molecule has 0 spiro atoms. The Morgan fingerprint density at radius 2 is 2.05 bits per heavy atom. The van der Waals surface area contributed by atoms with E-state index < -0.39 is 0 Å². The van der Waals surface area contributed by atoms with Crippen LogP contribution in [0, 0.1) is 0 Å². The molecule has 1 saturated heterocycles. The summed E-state index contributed by atoms with van der Waals surface area (Å²) in [6.45, 7) is 6.15. The SMILES string of the molecule is COc1cccnc1N1CCN(CCCCN)CC1. The molecule has 0 radical (unpaired) electrons. The summed E-state index contributed by atoms with van der Waals surface area (Å²) in [7, 11) is 1.70. The van der Waals surface area contributed by atoms with Crippen molar-refractivity contribution in [2.45, 2.75) is 12.8 Å². The predicted octanol–water partition coefficient (Wildman–Crippen LogP) is 0.951. The first-order valence-corrected chi connectivity index (χ1v) is 7.01. The lowest BCUT2D eigenvalue weighted by molar-refractivity contribution is 0.252. The van der Waals surface area contributed by atoms with Crippen molar-refractivity contribution in [3.8, 4) is 5.75 Å². The smallest absolute Gasteiger partial charge is 0.171 e. The fourth-order valence-corrected chi connectivity index (χ4v) is 2.44. The van der Waals surface area contributed by atoms with E-state index in [-0.39, 0.29) is 0 Å². The van der Waals surface area contributed by atoms with Crippen LogP contribution in [0.15, 0.2) is 18.3 Å². The second-order valence-corrected chi connectivity index (χ2v) is 4.85. The summed E-state index contributed by atoms with van der Waals surface area (Å²) in [5.74, 6) is 1.82. The van der Waals surface area contributed by atoms with E-state index in [4.69, 9.17) is 10.5 Å². The van der Waals surface area contributed by atoms with Crippen LogP contribution >= 0.6 is 0 Å². The molecule has 1 aliphatic heterocycles. The first-order valence-electron chi connectivity index (χ1n) is 7.01. The summed E-state index contributed by atoms with van der Waals surface area (Å²) in [4.78, 5) is 9.24. The van der Waals surface area contributed by atoms with Gasteiger partial charge in [0.2, 0.25) is 0 Å². The number of nitrogens with two attached hydrogens (primary N) is 1. The molecule has 0 aliphatic carbocycles. The Bertz CT molecular complexity index is 377. The van der Waals surface area contributed by atoms with Gasteiger partial charge in [-0.2, -0.15) is 0 Å². The van der Waals surface area contributed by atoms with Crippen LogP contribution in [-0.2, 0) is 0 Å². The highest BCUT2D eigenvalue weighted by molar-refractivity contribution is 5.52. The average molecular weight is 264 g/mol. The van der Waals surface area contributed by atoms with Crippen LogP contribution in [-0.4, -0.2) is 56.3 Å². The molecule has 5 nitrogen and oxygen atoms in total. The Balaban J connectivity index is 1.85. The maximum absolute atomic E-state index is 5.53. The van der Waals surface area contributed by atoms with E-state index in [2.05, 4.69) is 14.8 Å². The highest BCUT2D eigenvalue weighted by Crippen LogP contribution is 2.25. The predicted molar refractivity (Wildman–Crippen MR) is 77.7 cm³/mol. The molecule has 1 aromatic rings. The summed E-state index contributed by atoms with van der Waals surface area (Å²) in [5, 5.41) is 0. The van der Waals surface area contributed by atoms with Crippen molar-refractivity contribution in [2.75, 3.05) is 51.3 Å². The fourth-order valence-electron chi connectivity index (χ4n) is 2.44. The molecule has 1 aromatic heterocycles. The standard InChI is InChI=1S/C14H24N4O/c1-19-13-5-4-7-16-14(13)18-11-9-17(10-12-18)8-3-2-6-15/h4-5,7H,2-3,6,8-12,15H2,1H3. The van der Waals surface area contributed by atoms with Crippen molar-refractivity contribution >= 4 is 5.82 Å². The molecule has 0 aromatic carbocycles. The topological polar surface area (TPSA) is 54.6 Å². The van der Waals surface area contributed by atoms with Gasteiger partial charge in [0.1, 0.15) is 0 Å². The Kier molecular flexibility index (Phi) is 5.42. The third-order valence-corrected chi connectivity index (χ3v) is 3.57. The molecule has 0 saturated carbocycles. The van der Waals surface area contributed by atoms with Crippen LogP contribution in [0.3, 0.4) is 0 Å². The lowest BCUT2D eigenvalue weighted by Gasteiger charge is -2.35. The zero-order valence-electron chi connectivity index (χ0n) is 11.7. The van der Waals surface area contributed by atoms with Gasteiger partial charge in [-0.15, -0.1) is 0 Å². The van der Waals surface area contributed by atoms with Gasteiger partial charge in [-0.3, -0.25) is 4.90 Å². The van der Waals surface area contributed by atoms with E-state index in [1.807, 2.05) is 18.3 Å². The molecule has 106 valence electrons.